The van der Waals surface area contributed by atoms with Crippen LogP contribution in [0.4, 0.5) is 0 Å². The van der Waals surface area contributed by atoms with Crippen LogP contribution in [0.15, 0.2) is 61.4 Å². The highest BCUT2D eigenvalue weighted by atomic mass is 16.5. The van der Waals surface area contributed by atoms with Crippen LogP contribution in [0.1, 0.15) is 51.2 Å². The molecule has 0 N–H and O–H groups in total. The predicted octanol–water partition coefficient (Wildman–Crippen LogP) is 4.70. The molecule has 2 aromatic rings. The van der Waals surface area contributed by atoms with Crippen molar-refractivity contribution in [2.24, 2.45) is 0 Å². The topological polar surface area (TPSA) is 78.9 Å². The first-order valence-electron chi connectivity index (χ1n) is 9.69. The standard InChI is InChI=1S/C24H26O6/c1-5-22(26)30-21-13-9-19(10-14-21)24(4,16-15-23(27)28-6-2)18-7-11-20(12-8-18)29-17(3)25/h6-14H,2,5,15-16H2,1,3-4H3. The number of rotatable bonds is 9. The molecule has 0 amide bonds. The third-order valence-corrected chi connectivity index (χ3v) is 4.81. The number of esters is 3. The first kappa shape index (κ1) is 22.9. The Kier molecular flexibility index (Phi) is 7.92. The van der Waals surface area contributed by atoms with E-state index in [9.17, 15) is 14.4 Å². The molecular formula is C24H26O6. The molecule has 0 aliphatic carbocycles. The highest BCUT2D eigenvalue weighted by molar-refractivity contribution is 5.72. The predicted molar refractivity (Wildman–Crippen MR) is 112 cm³/mol. The Hall–Kier alpha value is -3.41. The molecule has 0 aliphatic heterocycles. The molecule has 0 spiro atoms. The van der Waals surface area contributed by atoms with Crippen LogP contribution in [0.5, 0.6) is 11.5 Å². The minimum Gasteiger partial charge on any atom is -0.435 e. The van der Waals surface area contributed by atoms with Gasteiger partial charge in [0.1, 0.15) is 11.5 Å². The third-order valence-electron chi connectivity index (χ3n) is 4.81. The highest BCUT2D eigenvalue weighted by Crippen LogP contribution is 2.38. The zero-order valence-electron chi connectivity index (χ0n) is 17.5. The molecule has 2 aromatic carbocycles. The summed E-state index contributed by atoms with van der Waals surface area (Å²) in [6, 6.07) is 14.4. The van der Waals surface area contributed by atoms with Crippen LogP contribution < -0.4 is 9.47 Å². The van der Waals surface area contributed by atoms with E-state index in [2.05, 4.69) is 6.58 Å². The van der Waals surface area contributed by atoms with Crippen LogP contribution in [0, 0.1) is 0 Å². The second kappa shape index (κ2) is 10.4. The number of hydrogen-bond donors (Lipinski definition) is 0. The third kappa shape index (κ3) is 6.04. The van der Waals surface area contributed by atoms with Gasteiger partial charge >= 0.3 is 17.9 Å². The lowest BCUT2D eigenvalue weighted by atomic mass is 9.73. The summed E-state index contributed by atoms with van der Waals surface area (Å²) in [4.78, 5) is 34.6. The average molecular weight is 410 g/mol. The lowest BCUT2D eigenvalue weighted by Crippen LogP contribution is -2.25. The van der Waals surface area contributed by atoms with E-state index in [1.807, 2.05) is 31.2 Å². The molecule has 0 saturated carbocycles. The summed E-state index contributed by atoms with van der Waals surface area (Å²) in [5, 5.41) is 0. The maximum atomic E-state index is 11.9. The molecule has 1 atom stereocenters. The lowest BCUT2D eigenvalue weighted by Gasteiger charge is -2.31. The molecule has 0 fully saturated rings. The Balaban J connectivity index is 2.35. The summed E-state index contributed by atoms with van der Waals surface area (Å²) in [5.74, 6) is -0.166. The first-order valence-corrected chi connectivity index (χ1v) is 9.69. The molecule has 6 nitrogen and oxygen atoms in total. The van der Waals surface area contributed by atoms with Gasteiger partial charge in [-0.3, -0.25) is 14.4 Å². The van der Waals surface area contributed by atoms with Crippen molar-refractivity contribution in [3.8, 4) is 11.5 Å². The number of carbonyl (C=O) groups is 3. The minimum atomic E-state index is -0.539. The van der Waals surface area contributed by atoms with Gasteiger partial charge in [0.15, 0.2) is 0 Å². The van der Waals surface area contributed by atoms with E-state index in [-0.39, 0.29) is 18.4 Å². The van der Waals surface area contributed by atoms with Crippen molar-refractivity contribution in [1.29, 1.82) is 0 Å². The molecule has 0 heterocycles. The van der Waals surface area contributed by atoms with Crippen molar-refractivity contribution in [3.05, 3.63) is 72.5 Å². The van der Waals surface area contributed by atoms with Crippen molar-refractivity contribution in [3.63, 3.8) is 0 Å². The summed E-state index contributed by atoms with van der Waals surface area (Å²) < 4.78 is 15.2. The fourth-order valence-corrected chi connectivity index (χ4v) is 3.11. The smallest absolute Gasteiger partial charge is 0.310 e. The fraction of sp³-hybridized carbons (Fsp3) is 0.292. The van der Waals surface area contributed by atoms with Crippen molar-refractivity contribution < 1.29 is 28.6 Å². The Bertz CT molecular complexity index is 898. The van der Waals surface area contributed by atoms with Crippen LogP contribution in [-0.4, -0.2) is 17.9 Å². The van der Waals surface area contributed by atoms with Gasteiger partial charge < -0.3 is 14.2 Å². The fourth-order valence-electron chi connectivity index (χ4n) is 3.11. The summed E-state index contributed by atoms with van der Waals surface area (Å²) in [7, 11) is 0. The van der Waals surface area contributed by atoms with E-state index in [0.29, 0.717) is 24.3 Å². The van der Waals surface area contributed by atoms with Crippen LogP contribution >= 0.6 is 0 Å². The van der Waals surface area contributed by atoms with E-state index >= 15 is 0 Å². The average Bonchev–Trinajstić information content (AvgIpc) is 2.72. The Morgan fingerprint density at radius 1 is 0.900 bits per heavy atom. The van der Waals surface area contributed by atoms with Gasteiger partial charge in [0.05, 0.1) is 6.26 Å². The summed E-state index contributed by atoms with van der Waals surface area (Å²) in [6.07, 6.45) is 2.06. The normalized spacial score (nSPS) is 12.4. The largest absolute Gasteiger partial charge is 0.435 e. The van der Waals surface area contributed by atoms with Crippen LogP contribution in [0.2, 0.25) is 0 Å². The highest BCUT2D eigenvalue weighted by Gasteiger charge is 2.30. The Labute approximate surface area is 176 Å². The molecular weight excluding hydrogens is 384 g/mol. The van der Waals surface area contributed by atoms with Gasteiger partial charge in [-0.25, -0.2) is 0 Å². The van der Waals surface area contributed by atoms with E-state index in [0.717, 1.165) is 17.4 Å². The SMILES string of the molecule is C=COC(=O)CCC(C)(c1ccc(OC(C)=O)cc1)c1ccc(OC(=O)CC)cc1. The molecule has 6 heteroatoms. The van der Waals surface area contributed by atoms with Crippen LogP contribution in [0.25, 0.3) is 0 Å². The van der Waals surface area contributed by atoms with Gasteiger partial charge in [-0.15, -0.1) is 0 Å². The number of carbonyl (C=O) groups excluding carboxylic acids is 3. The molecule has 30 heavy (non-hydrogen) atoms. The first-order chi connectivity index (χ1) is 14.3. The lowest BCUT2D eigenvalue weighted by molar-refractivity contribution is -0.138. The zero-order chi connectivity index (χ0) is 22.1. The summed E-state index contributed by atoms with van der Waals surface area (Å²) in [6.45, 7) is 8.50. The van der Waals surface area contributed by atoms with Gasteiger partial charge in [0, 0.05) is 25.2 Å². The summed E-state index contributed by atoms with van der Waals surface area (Å²) >= 11 is 0. The molecule has 0 aromatic heterocycles. The Morgan fingerprint density at radius 3 is 1.83 bits per heavy atom. The van der Waals surface area contributed by atoms with Gasteiger partial charge in [0.2, 0.25) is 0 Å². The van der Waals surface area contributed by atoms with Crippen molar-refractivity contribution in [2.45, 2.75) is 45.4 Å². The van der Waals surface area contributed by atoms with Crippen molar-refractivity contribution in [2.75, 3.05) is 0 Å². The molecule has 158 valence electrons. The number of hydrogen-bond acceptors (Lipinski definition) is 6. The Morgan fingerprint density at radius 2 is 1.40 bits per heavy atom. The van der Waals surface area contributed by atoms with Crippen molar-refractivity contribution >= 4 is 17.9 Å². The van der Waals surface area contributed by atoms with E-state index in [4.69, 9.17) is 14.2 Å². The quantitative estimate of drug-likeness (QED) is 0.339. The van der Waals surface area contributed by atoms with Crippen LogP contribution in [-0.2, 0) is 24.5 Å². The van der Waals surface area contributed by atoms with Crippen LogP contribution in [0.3, 0.4) is 0 Å². The molecule has 2 rings (SSSR count). The van der Waals surface area contributed by atoms with E-state index in [1.165, 1.54) is 6.92 Å². The molecule has 0 bridgehead atoms. The van der Waals surface area contributed by atoms with Gasteiger partial charge in [-0.05, 0) is 41.8 Å². The van der Waals surface area contributed by atoms with Gasteiger partial charge in [0.25, 0.3) is 0 Å². The van der Waals surface area contributed by atoms with E-state index < -0.39 is 11.4 Å². The minimum absolute atomic E-state index is 0.181. The van der Waals surface area contributed by atoms with Gasteiger partial charge in [-0.1, -0.05) is 44.7 Å². The van der Waals surface area contributed by atoms with E-state index in [1.54, 1.807) is 31.2 Å². The maximum absolute atomic E-state index is 11.9. The number of benzene rings is 2. The summed E-state index contributed by atoms with van der Waals surface area (Å²) in [5.41, 5.74) is 1.33. The second-order valence-corrected chi connectivity index (χ2v) is 6.96. The maximum Gasteiger partial charge on any atom is 0.310 e. The molecule has 0 aliphatic rings. The molecule has 0 saturated heterocycles. The molecule has 0 radical (unpaired) electrons. The van der Waals surface area contributed by atoms with Gasteiger partial charge in [-0.2, -0.15) is 0 Å². The van der Waals surface area contributed by atoms with Crippen molar-refractivity contribution in [1.82, 2.24) is 0 Å². The zero-order valence-corrected chi connectivity index (χ0v) is 17.5. The molecule has 1 unspecified atom stereocenters. The monoisotopic (exact) mass is 410 g/mol. The number of ether oxygens (including phenoxy) is 3. The second-order valence-electron chi connectivity index (χ2n) is 6.96.